The smallest absolute Gasteiger partial charge is 0.416 e. The van der Waals surface area contributed by atoms with E-state index in [0.717, 1.165) is 38.0 Å². The number of allylic oxidation sites excluding steroid dienone is 1. The van der Waals surface area contributed by atoms with Crippen molar-refractivity contribution in [2.45, 2.75) is 45.6 Å². The lowest BCUT2D eigenvalue weighted by Gasteiger charge is -2.25. The summed E-state index contributed by atoms with van der Waals surface area (Å²) >= 11 is 0. The monoisotopic (exact) mass is 372 g/mol. The largest absolute Gasteiger partial charge is 0.447 e. The zero-order chi connectivity index (χ0) is 19.6. The summed E-state index contributed by atoms with van der Waals surface area (Å²) in [5, 5.41) is 0. The van der Waals surface area contributed by atoms with Gasteiger partial charge in [0.15, 0.2) is 0 Å². The highest BCUT2D eigenvalue weighted by Crippen LogP contribution is 2.24. The number of benzene rings is 1. The van der Waals surface area contributed by atoms with E-state index >= 15 is 0 Å². The van der Waals surface area contributed by atoms with E-state index in [4.69, 9.17) is 4.74 Å². The van der Waals surface area contributed by atoms with Crippen molar-refractivity contribution in [2.75, 3.05) is 26.2 Å². The number of imide groups is 1. The first-order valence-electron chi connectivity index (χ1n) is 9.97. The van der Waals surface area contributed by atoms with Crippen LogP contribution in [0.3, 0.4) is 0 Å². The summed E-state index contributed by atoms with van der Waals surface area (Å²) in [6.45, 7) is 11.3. The van der Waals surface area contributed by atoms with Crippen LogP contribution in [0.4, 0.5) is 4.79 Å². The Morgan fingerprint density at radius 1 is 1.33 bits per heavy atom. The third-order valence-electron chi connectivity index (χ3n) is 5.23. The van der Waals surface area contributed by atoms with Gasteiger partial charge in [-0.2, -0.15) is 0 Å². The van der Waals surface area contributed by atoms with Crippen LogP contribution in [-0.2, 0) is 16.0 Å². The van der Waals surface area contributed by atoms with E-state index in [1.54, 1.807) is 6.08 Å². The van der Waals surface area contributed by atoms with E-state index in [0.29, 0.717) is 12.8 Å². The number of carbonyl (C=O) groups is 2. The molecule has 1 aromatic rings. The highest BCUT2D eigenvalue weighted by atomic mass is 16.6. The molecule has 5 nitrogen and oxygen atoms in total. The summed E-state index contributed by atoms with van der Waals surface area (Å²) in [5.41, 5.74) is 1.10. The van der Waals surface area contributed by atoms with Crippen LogP contribution >= 0.6 is 0 Å². The van der Waals surface area contributed by atoms with E-state index in [2.05, 4.69) is 25.3 Å². The van der Waals surface area contributed by atoms with Gasteiger partial charge in [0.25, 0.3) is 0 Å². The Labute approximate surface area is 163 Å². The molecule has 0 aromatic heterocycles. The summed E-state index contributed by atoms with van der Waals surface area (Å²) in [7, 11) is 0. The summed E-state index contributed by atoms with van der Waals surface area (Å²) in [5.74, 6) is -0.347. The normalized spacial score (nSPS) is 17.8. The number of hydrogen-bond acceptors (Lipinski definition) is 4. The molecule has 2 unspecified atom stereocenters. The molecule has 0 spiro atoms. The van der Waals surface area contributed by atoms with E-state index in [9.17, 15) is 9.59 Å². The highest BCUT2D eigenvalue weighted by Gasteiger charge is 2.40. The lowest BCUT2D eigenvalue weighted by molar-refractivity contribution is -0.133. The van der Waals surface area contributed by atoms with Crippen LogP contribution in [0.15, 0.2) is 43.0 Å². The van der Waals surface area contributed by atoms with Crippen molar-refractivity contribution >= 4 is 12.0 Å². The molecule has 0 N–H and O–H groups in total. The number of hydrogen-bond donors (Lipinski definition) is 0. The van der Waals surface area contributed by atoms with Crippen LogP contribution in [-0.4, -0.2) is 54.1 Å². The fourth-order valence-corrected chi connectivity index (χ4v) is 3.61. The second-order valence-electron chi connectivity index (χ2n) is 7.02. The van der Waals surface area contributed by atoms with Crippen LogP contribution in [0.2, 0.25) is 0 Å². The molecule has 0 saturated carbocycles. The minimum atomic E-state index is -0.515. The van der Waals surface area contributed by atoms with Crippen molar-refractivity contribution < 1.29 is 14.3 Å². The summed E-state index contributed by atoms with van der Waals surface area (Å²) in [4.78, 5) is 29.1. The van der Waals surface area contributed by atoms with Gasteiger partial charge in [0.1, 0.15) is 6.61 Å². The summed E-state index contributed by atoms with van der Waals surface area (Å²) in [6.07, 6.45) is 4.14. The van der Waals surface area contributed by atoms with Gasteiger partial charge in [-0.25, -0.2) is 9.69 Å². The van der Waals surface area contributed by atoms with Crippen LogP contribution in [0.5, 0.6) is 0 Å². The zero-order valence-corrected chi connectivity index (χ0v) is 16.6. The molecule has 1 heterocycles. The van der Waals surface area contributed by atoms with Gasteiger partial charge in [-0.3, -0.25) is 4.79 Å². The van der Waals surface area contributed by atoms with Crippen molar-refractivity contribution in [3.05, 3.63) is 48.6 Å². The van der Waals surface area contributed by atoms with Crippen molar-refractivity contribution in [3.8, 4) is 0 Å². The lowest BCUT2D eigenvalue weighted by Crippen LogP contribution is -2.43. The fraction of sp³-hybridized carbons (Fsp3) is 0.545. The maximum Gasteiger partial charge on any atom is 0.416 e. The highest BCUT2D eigenvalue weighted by molar-refractivity contribution is 5.94. The second-order valence-corrected chi connectivity index (χ2v) is 7.02. The molecular weight excluding hydrogens is 340 g/mol. The number of cyclic esters (lactones) is 1. The molecular formula is C22H32N2O3. The Kier molecular flexibility index (Phi) is 8.52. The quantitative estimate of drug-likeness (QED) is 0.553. The van der Waals surface area contributed by atoms with Crippen molar-refractivity contribution in [1.29, 1.82) is 0 Å². The Morgan fingerprint density at radius 3 is 2.67 bits per heavy atom. The van der Waals surface area contributed by atoms with E-state index in [1.807, 2.05) is 30.3 Å². The van der Waals surface area contributed by atoms with Crippen molar-refractivity contribution in [2.24, 2.45) is 5.92 Å². The van der Waals surface area contributed by atoms with E-state index in [1.165, 1.54) is 4.90 Å². The predicted octanol–water partition coefficient (Wildman–Crippen LogP) is 3.89. The molecule has 148 valence electrons. The fourth-order valence-electron chi connectivity index (χ4n) is 3.61. The number of rotatable bonds is 11. The molecule has 1 aliphatic heterocycles. The maximum absolute atomic E-state index is 13.1. The first kappa shape index (κ1) is 21.2. The van der Waals surface area contributed by atoms with Gasteiger partial charge in [0.2, 0.25) is 5.91 Å². The average Bonchev–Trinajstić information content (AvgIpc) is 3.04. The molecule has 2 rings (SSSR count). The minimum absolute atomic E-state index is 0.127. The molecule has 0 aliphatic carbocycles. The number of nitrogens with zero attached hydrogens (tertiary/aromatic N) is 2. The van der Waals surface area contributed by atoms with E-state index < -0.39 is 6.09 Å². The minimum Gasteiger partial charge on any atom is -0.447 e. The molecule has 0 radical (unpaired) electrons. The lowest BCUT2D eigenvalue weighted by atomic mass is 9.96. The van der Waals surface area contributed by atoms with Crippen LogP contribution < -0.4 is 0 Å². The van der Waals surface area contributed by atoms with Gasteiger partial charge >= 0.3 is 6.09 Å². The predicted molar refractivity (Wildman–Crippen MR) is 107 cm³/mol. The third kappa shape index (κ3) is 5.93. The molecule has 2 atom stereocenters. The van der Waals surface area contributed by atoms with Gasteiger partial charge < -0.3 is 9.64 Å². The number of amides is 2. The Bertz CT molecular complexity index is 613. The first-order chi connectivity index (χ1) is 13.1. The Hall–Kier alpha value is -2.14. The standard InChI is InChI=1S/C22H32N2O3/c1-4-11-19(14-10-15-23(5-2)6-3)21(25)24-20(17-27-22(24)26)16-18-12-8-7-9-13-18/h4,7-9,12-13,19-20H,1,5-6,10-11,14-17H2,2-3H3. The summed E-state index contributed by atoms with van der Waals surface area (Å²) in [6, 6.07) is 9.67. The van der Waals surface area contributed by atoms with Crippen LogP contribution in [0.25, 0.3) is 0 Å². The Balaban J connectivity index is 2.02. The molecule has 1 aliphatic rings. The van der Waals surface area contributed by atoms with Gasteiger partial charge in [0, 0.05) is 5.92 Å². The van der Waals surface area contributed by atoms with Crippen LogP contribution in [0.1, 0.15) is 38.7 Å². The van der Waals surface area contributed by atoms with E-state index in [-0.39, 0.29) is 24.5 Å². The van der Waals surface area contributed by atoms with Gasteiger partial charge in [-0.1, -0.05) is 50.3 Å². The molecule has 27 heavy (non-hydrogen) atoms. The maximum atomic E-state index is 13.1. The zero-order valence-electron chi connectivity index (χ0n) is 16.6. The molecule has 1 fully saturated rings. The number of ether oxygens (including phenoxy) is 1. The van der Waals surface area contributed by atoms with Gasteiger partial charge in [-0.15, -0.1) is 6.58 Å². The van der Waals surface area contributed by atoms with Crippen molar-refractivity contribution in [1.82, 2.24) is 9.80 Å². The molecule has 5 heteroatoms. The Morgan fingerprint density at radius 2 is 2.04 bits per heavy atom. The van der Waals surface area contributed by atoms with Gasteiger partial charge in [0.05, 0.1) is 6.04 Å². The topological polar surface area (TPSA) is 49.9 Å². The average molecular weight is 373 g/mol. The van der Waals surface area contributed by atoms with Crippen LogP contribution in [0, 0.1) is 5.92 Å². The first-order valence-corrected chi connectivity index (χ1v) is 9.97. The van der Waals surface area contributed by atoms with Crippen molar-refractivity contribution in [3.63, 3.8) is 0 Å². The number of carbonyl (C=O) groups excluding carboxylic acids is 2. The SMILES string of the molecule is C=CCC(CCCN(CC)CC)C(=O)N1C(=O)OCC1Cc1ccccc1. The molecule has 0 bridgehead atoms. The molecule has 1 aromatic carbocycles. The third-order valence-corrected chi connectivity index (χ3v) is 5.23. The van der Waals surface area contributed by atoms with Gasteiger partial charge in [-0.05, 0) is 50.9 Å². The molecule has 1 saturated heterocycles. The second kappa shape index (κ2) is 10.9. The molecule has 2 amide bonds. The summed E-state index contributed by atoms with van der Waals surface area (Å²) < 4.78 is 5.21.